The molecule has 1 N–H and O–H groups in total. The molecule has 0 bridgehead atoms. The lowest BCUT2D eigenvalue weighted by Gasteiger charge is -2.11. The Balaban J connectivity index is 2.90. The maximum absolute atomic E-state index is 11.0. The maximum atomic E-state index is 11.0. The molecule has 0 radical (unpaired) electrons. The van der Waals surface area contributed by atoms with Crippen LogP contribution >= 0.6 is 15.9 Å². The number of rotatable bonds is 3. The molecule has 0 unspecified atom stereocenters. The van der Waals surface area contributed by atoms with Gasteiger partial charge in [0.05, 0.1) is 11.9 Å². The Hall–Kier alpha value is -0.390. The summed E-state index contributed by atoms with van der Waals surface area (Å²) in [5.74, 6) is -0.254. The summed E-state index contributed by atoms with van der Waals surface area (Å²) in [6.07, 6.45) is 0.133. The van der Waals surface area contributed by atoms with Gasteiger partial charge in [0.1, 0.15) is 9.84 Å². The molecular formula is C9H11BrO3S. The van der Waals surface area contributed by atoms with E-state index in [1.807, 2.05) is 0 Å². The lowest BCUT2D eigenvalue weighted by atomic mass is 10.1. The average Bonchev–Trinajstić information content (AvgIpc) is 2.01. The zero-order chi connectivity index (χ0) is 10.8. The molecule has 0 aliphatic rings. The van der Waals surface area contributed by atoms with Gasteiger partial charge in [0.2, 0.25) is 0 Å². The van der Waals surface area contributed by atoms with E-state index >= 15 is 0 Å². The molecule has 14 heavy (non-hydrogen) atoms. The molecule has 0 spiro atoms. The summed E-state index contributed by atoms with van der Waals surface area (Å²) in [7, 11) is -3.16. The van der Waals surface area contributed by atoms with E-state index in [-0.39, 0.29) is 5.75 Å². The van der Waals surface area contributed by atoms with Crippen LogP contribution < -0.4 is 0 Å². The van der Waals surface area contributed by atoms with Gasteiger partial charge in [0.25, 0.3) is 0 Å². The quantitative estimate of drug-likeness (QED) is 0.912. The van der Waals surface area contributed by atoms with Crippen molar-refractivity contribution >= 4 is 25.8 Å². The van der Waals surface area contributed by atoms with Crippen molar-refractivity contribution in [3.05, 3.63) is 34.3 Å². The maximum Gasteiger partial charge on any atom is 0.150 e. The largest absolute Gasteiger partial charge is 0.387 e. The van der Waals surface area contributed by atoms with E-state index in [2.05, 4.69) is 15.9 Å². The minimum absolute atomic E-state index is 0.254. The van der Waals surface area contributed by atoms with Crippen molar-refractivity contribution in [2.24, 2.45) is 0 Å². The van der Waals surface area contributed by atoms with Crippen molar-refractivity contribution < 1.29 is 13.5 Å². The van der Waals surface area contributed by atoms with Gasteiger partial charge in [0.15, 0.2) is 0 Å². The van der Waals surface area contributed by atoms with Crippen LogP contribution in [0.25, 0.3) is 0 Å². The first-order valence-electron chi connectivity index (χ1n) is 4.00. The molecule has 78 valence electrons. The van der Waals surface area contributed by atoms with Crippen LogP contribution in [-0.2, 0) is 9.84 Å². The molecule has 0 aliphatic heterocycles. The van der Waals surface area contributed by atoms with Crippen molar-refractivity contribution in [1.82, 2.24) is 0 Å². The standard InChI is InChI=1S/C9H11BrO3S/c1-14(12,13)6-9(11)7-4-2-3-5-8(7)10/h2-5,9,11H,6H2,1H3/t9-/m0/s1. The third-order valence-electron chi connectivity index (χ3n) is 1.72. The number of sulfone groups is 1. The van der Waals surface area contributed by atoms with E-state index in [1.165, 1.54) is 0 Å². The second-order valence-corrected chi connectivity index (χ2v) is 6.17. The molecule has 0 fully saturated rings. The van der Waals surface area contributed by atoms with Gasteiger partial charge >= 0.3 is 0 Å². The lowest BCUT2D eigenvalue weighted by Crippen LogP contribution is -2.13. The number of halogens is 1. The monoisotopic (exact) mass is 278 g/mol. The van der Waals surface area contributed by atoms with Crippen LogP contribution in [0.1, 0.15) is 11.7 Å². The zero-order valence-electron chi connectivity index (χ0n) is 7.64. The van der Waals surface area contributed by atoms with Crippen LogP contribution in [0.3, 0.4) is 0 Å². The molecule has 0 saturated carbocycles. The minimum atomic E-state index is -3.16. The summed E-state index contributed by atoms with van der Waals surface area (Å²) >= 11 is 3.25. The van der Waals surface area contributed by atoms with Gasteiger partial charge in [-0.3, -0.25) is 0 Å². The van der Waals surface area contributed by atoms with Crippen molar-refractivity contribution in [3.63, 3.8) is 0 Å². The number of hydrogen-bond acceptors (Lipinski definition) is 3. The van der Waals surface area contributed by atoms with Crippen LogP contribution in [0.15, 0.2) is 28.7 Å². The molecule has 1 aromatic carbocycles. The predicted octanol–water partition coefficient (Wildman–Crippen LogP) is 1.53. The van der Waals surface area contributed by atoms with Gasteiger partial charge in [-0.1, -0.05) is 34.1 Å². The smallest absolute Gasteiger partial charge is 0.150 e. The summed E-state index contributed by atoms with van der Waals surface area (Å²) in [5.41, 5.74) is 0.595. The van der Waals surface area contributed by atoms with E-state index in [4.69, 9.17) is 0 Å². The highest BCUT2D eigenvalue weighted by molar-refractivity contribution is 9.10. The highest BCUT2D eigenvalue weighted by Gasteiger charge is 2.16. The van der Waals surface area contributed by atoms with Gasteiger partial charge in [-0.2, -0.15) is 0 Å². The van der Waals surface area contributed by atoms with Gasteiger partial charge in [-0.05, 0) is 11.6 Å². The Morgan fingerprint density at radius 1 is 1.43 bits per heavy atom. The third-order valence-corrected chi connectivity index (χ3v) is 3.37. The van der Waals surface area contributed by atoms with Crippen LogP contribution in [0.5, 0.6) is 0 Å². The first-order chi connectivity index (χ1) is 6.40. The molecule has 0 saturated heterocycles. The normalized spacial score (nSPS) is 13.9. The van der Waals surface area contributed by atoms with Crippen LogP contribution in [0.4, 0.5) is 0 Å². The van der Waals surface area contributed by atoms with Crippen LogP contribution in [0.2, 0.25) is 0 Å². The third kappa shape index (κ3) is 3.40. The molecule has 0 aromatic heterocycles. The summed E-state index contributed by atoms with van der Waals surface area (Å²) in [6, 6.07) is 7.02. The molecule has 0 amide bonds. The van der Waals surface area contributed by atoms with Crippen LogP contribution in [-0.4, -0.2) is 25.5 Å². The van der Waals surface area contributed by atoms with Gasteiger partial charge in [-0.15, -0.1) is 0 Å². The molecule has 3 nitrogen and oxygen atoms in total. The highest BCUT2D eigenvalue weighted by Crippen LogP contribution is 2.23. The Kier molecular flexibility index (Phi) is 3.69. The molecule has 0 heterocycles. The van der Waals surface area contributed by atoms with E-state index in [0.29, 0.717) is 5.56 Å². The molecule has 0 aliphatic carbocycles. The number of hydrogen-bond donors (Lipinski definition) is 1. The molecular weight excluding hydrogens is 268 g/mol. The van der Waals surface area contributed by atoms with Crippen molar-refractivity contribution in [2.45, 2.75) is 6.10 Å². The van der Waals surface area contributed by atoms with Gasteiger partial charge < -0.3 is 5.11 Å². The summed E-state index contributed by atoms with van der Waals surface area (Å²) in [6.45, 7) is 0. The average molecular weight is 279 g/mol. The second-order valence-electron chi connectivity index (χ2n) is 3.13. The lowest BCUT2D eigenvalue weighted by molar-refractivity contribution is 0.201. The second kappa shape index (κ2) is 4.42. The predicted molar refractivity (Wildman–Crippen MR) is 58.8 cm³/mol. The fourth-order valence-corrected chi connectivity index (χ4v) is 2.42. The SMILES string of the molecule is CS(=O)(=O)C[C@H](O)c1ccccc1Br. The summed E-state index contributed by atoms with van der Waals surface area (Å²) in [5, 5.41) is 9.63. The topological polar surface area (TPSA) is 54.4 Å². The Bertz CT molecular complexity index is 414. The highest BCUT2D eigenvalue weighted by atomic mass is 79.9. The number of aliphatic hydroxyl groups excluding tert-OH is 1. The first-order valence-corrected chi connectivity index (χ1v) is 6.86. The van der Waals surface area contributed by atoms with Crippen molar-refractivity contribution in [3.8, 4) is 0 Å². The molecule has 1 atom stereocenters. The minimum Gasteiger partial charge on any atom is -0.387 e. The van der Waals surface area contributed by atoms with E-state index in [0.717, 1.165) is 10.7 Å². The molecule has 1 aromatic rings. The van der Waals surface area contributed by atoms with E-state index in [1.54, 1.807) is 24.3 Å². The Labute approximate surface area is 91.8 Å². The fraction of sp³-hybridized carbons (Fsp3) is 0.333. The first kappa shape index (κ1) is 11.7. The summed E-state index contributed by atoms with van der Waals surface area (Å²) < 4.78 is 22.6. The molecule has 5 heteroatoms. The Morgan fingerprint density at radius 3 is 2.50 bits per heavy atom. The zero-order valence-corrected chi connectivity index (χ0v) is 10.0. The molecule has 1 rings (SSSR count). The van der Waals surface area contributed by atoms with E-state index < -0.39 is 15.9 Å². The van der Waals surface area contributed by atoms with Gasteiger partial charge in [-0.25, -0.2) is 8.42 Å². The summed E-state index contributed by atoms with van der Waals surface area (Å²) in [4.78, 5) is 0. The number of benzene rings is 1. The van der Waals surface area contributed by atoms with Crippen LogP contribution in [0, 0.1) is 0 Å². The van der Waals surface area contributed by atoms with Gasteiger partial charge in [0, 0.05) is 10.7 Å². The Morgan fingerprint density at radius 2 is 2.00 bits per heavy atom. The fourth-order valence-electron chi connectivity index (χ4n) is 1.12. The number of aliphatic hydroxyl groups is 1. The van der Waals surface area contributed by atoms with Crippen molar-refractivity contribution in [2.75, 3.05) is 12.0 Å². The van der Waals surface area contributed by atoms with E-state index in [9.17, 15) is 13.5 Å². The van der Waals surface area contributed by atoms with Crippen molar-refractivity contribution in [1.29, 1.82) is 0 Å².